The number of H-pyrrole nitrogens is 1. The molecule has 9 heteroatoms. The van der Waals surface area contributed by atoms with E-state index in [0.29, 0.717) is 5.01 Å². The van der Waals surface area contributed by atoms with Crippen molar-refractivity contribution in [3.63, 3.8) is 0 Å². The molecule has 3 N–H and O–H groups in total. The van der Waals surface area contributed by atoms with Crippen LogP contribution in [0.25, 0.3) is 11.0 Å². The van der Waals surface area contributed by atoms with E-state index in [1.807, 2.05) is 29.8 Å². The zero-order valence-electron chi connectivity index (χ0n) is 18.5. The highest BCUT2D eigenvalue weighted by molar-refractivity contribution is 7.09. The third-order valence-electron chi connectivity index (χ3n) is 5.75. The molecule has 33 heavy (non-hydrogen) atoms. The van der Waals surface area contributed by atoms with Crippen molar-refractivity contribution in [2.45, 2.75) is 12.5 Å². The van der Waals surface area contributed by atoms with Crippen LogP contribution in [0.1, 0.15) is 17.5 Å². The fourth-order valence-corrected chi connectivity index (χ4v) is 4.50. The Labute approximate surface area is 196 Å². The lowest BCUT2D eigenvalue weighted by Gasteiger charge is -2.35. The van der Waals surface area contributed by atoms with Gasteiger partial charge in [0.15, 0.2) is 5.60 Å². The first-order valence-electron chi connectivity index (χ1n) is 10.8. The molecule has 1 aliphatic heterocycles. The van der Waals surface area contributed by atoms with Crippen molar-refractivity contribution >= 4 is 39.6 Å². The molecular weight excluding hydrogens is 434 g/mol. The van der Waals surface area contributed by atoms with Crippen molar-refractivity contribution in [2.24, 2.45) is 0 Å². The largest absolute Gasteiger partial charge is 0.371 e. The maximum atomic E-state index is 10.7. The lowest BCUT2D eigenvalue weighted by atomic mass is 10.1. The van der Waals surface area contributed by atoms with Crippen molar-refractivity contribution in [3.8, 4) is 11.8 Å². The summed E-state index contributed by atoms with van der Waals surface area (Å²) in [5.41, 5.74) is 2.29. The molecule has 168 valence electrons. The van der Waals surface area contributed by atoms with E-state index in [4.69, 9.17) is 0 Å². The van der Waals surface area contributed by atoms with Crippen LogP contribution in [0.3, 0.4) is 0 Å². The van der Waals surface area contributed by atoms with Gasteiger partial charge in [0.25, 0.3) is 0 Å². The minimum atomic E-state index is -1.30. The van der Waals surface area contributed by atoms with Crippen LogP contribution in [0.4, 0.5) is 17.2 Å². The van der Waals surface area contributed by atoms with Gasteiger partial charge in [0.05, 0.1) is 16.8 Å². The Morgan fingerprint density at radius 2 is 2.00 bits per heavy atom. The highest BCUT2D eigenvalue weighted by Crippen LogP contribution is 2.32. The van der Waals surface area contributed by atoms with E-state index in [1.54, 1.807) is 19.4 Å². The van der Waals surface area contributed by atoms with Gasteiger partial charge in [-0.2, -0.15) is 0 Å². The number of anilines is 3. The molecule has 1 aromatic carbocycles. The average Bonchev–Trinajstić information content (AvgIpc) is 3.52. The first kappa shape index (κ1) is 21.4. The summed E-state index contributed by atoms with van der Waals surface area (Å²) in [5, 5.41) is 17.6. The van der Waals surface area contributed by atoms with Crippen molar-refractivity contribution in [3.05, 3.63) is 58.9 Å². The number of nitrogens with one attached hydrogen (secondary N) is 2. The van der Waals surface area contributed by atoms with Crippen LogP contribution >= 0.6 is 11.3 Å². The lowest BCUT2D eigenvalue weighted by molar-refractivity contribution is 0.122. The topological polar surface area (TPSA) is 93.2 Å². The Morgan fingerprint density at radius 1 is 1.15 bits per heavy atom. The zero-order valence-corrected chi connectivity index (χ0v) is 19.4. The minimum absolute atomic E-state index is 0.582. The summed E-state index contributed by atoms with van der Waals surface area (Å²) in [7, 11) is 2.15. The number of rotatable bonds is 4. The molecule has 1 fully saturated rings. The summed E-state index contributed by atoms with van der Waals surface area (Å²) >= 11 is 1.39. The van der Waals surface area contributed by atoms with Crippen LogP contribution in [0, 0.1) is 11.8 Å². The van der Waals surface area contributed by atoms with Crippen molar-refractivity contribution in [2.75, 3.05) is 43.4 Å². The highest BCUT2D eigenvalue weighted by atomic mass is 32.1. The molecule has 1 atom stereocenters. The molecule has 0 amide bonds. The number of aliphatic hydroxyl groups is 1. The normalized spacial score (nSPS) is 16.3. The minimum Gasteiger partial charge on any atom is -0.371 e. The van der Waals surface area contributed by atoms with Crippen LogP contribution in [-0.2, 0) is 5.60 Å². The van der Waals surface area contributed by atoms with Crippen LogP contribution in [0.15, 0.2) is 48.4 Å². The number of thiazole rings is 1. The monoisotopic (exact) mass is 459 g/mol. The van der Waals surface area contributed by atoms with Gasteiger partial charge in [-0.1, -0.05) is 11.8 Å². The molecule has 5 rings (SSSR count). The van der Waals surface area contributed by atoms with Gasteiger partial charge in [0.1, 0.15) is 22.8 Å². The number of aromatic amines is 1. The van der Waals surface area contributed by atoms with Crippen LogP contribution in [0.2, 0.25) is 0 Å². The van der Waals surface area contributed by atoms with E-state index < -0.39 is 5.60 Å². The predicted octanol–water partition coefficient (Wildman–Crippen LogP) is 3.17. The molecule has 0 bridgehead atoms. The van der Waals surface area contributed by atoms with Gasteiger partial charge < -0.3 is 25.2 Å². The summed E-state index contributed by atoms with van der Waals surface area (Å²) in [6, 6.07) is 8.06. The number of aromatic nitrogens is 4. The molecule has 0 radical (unpaired) electrons. The average molecular weight is 460 g/mol. The Hall–Kier alpha value is -3.45. The van der Waals surface area contributed by atoms with E-state index in [-0.39, 0.29) is 0 Å². The summed E-state index contributed by atoms with van der Waals surface area (Å²) in [6.45, 7) is 5.57. The van der Waals surface area contributed by atoms with Gasteiger partial charge >= 0.3 is 0 Å². The van der Waals surface area contributed by atoms with E-state index >= 15 is 0 Å². The molecular formula is C24H25N7OS. The number of piperazine rings is 1. The Kier molecular flexibility index (Phi) is 5.72. The van der Waals surface area contributed by atoms with Gasteiger partial charge in [-0.05, 0) is 38.2 Å². The molecule has 8 nitrogen and oxygen atoms in total. The van der Waals surface area contributed by atoms with Gasteiger partial charge in [-0.3, -0.25) is 0 Å². The summed E-state index contributed by atoms with van der Waals surface area (Å²) in [4.78, 5) is 20.8. The second-order valence-corrected chi connectivity index (χ2v) is 9.16. The molecule has 1 saturated heterocycles. The van der Waals surface area contributed by atoms with Crippen LogP contribution in [-0.4, -0.2) is 63.2 Å². The number of fused-ring (bicyclic) bond motifs is 1. The van der Waals surface area contributed by atoms with Crippen molar-refractivity contribution < 1.29 is 5.11 Å². The molecule has 1 aliphatic rings. The molecule has 4 heterocycles. The molecule has 0 aliphatic carbocycles. The fraction of sp³-hybridized carbons (Fsp3) is 0.292. The van der Waals surface area contributed by atoms with Gasteiger partial charge in [0, 0.05) is 49.5 Å². The zero-order chi connectivity index (χ0) is 22.8. The van der Waals surface area contributed by atoms with E-state index in [0.717, 1.165) is 60.0 Å². The Bertz CT molecular complexity index is 1310. The maximum Gasteiger partial charge on any atom is 0.174 e. The van der Waals surface area contributed by atoms with Gasteiger partial charge in [-0.15, -0.1) is 11.3 Å². The molecule has 1 unspecified atom stereocenters. The molecule has 0 saturated carbocycles. The summed E-state index contributed by atoms with van der Waals surface area (Å²) < 4.78 is 0. The van der Waals surface area contributed by atoms with E-state index in [9.17, 15) is 5.11 Å². The quantitative estimate of drug-likeness (QED) is 0.404. The predicted molar refractivity (Wildman–Crippen MR) is 132 cm³/mol. The lowest BCUT2D eigenvalue weighted by Crippen LogP contribution is -2.44. The Balaban J connectivity index is 1.51. The summed E-state index contributed by atoms with van der Waals surface area (Å²) in [6.07, 6.45) is 5.08. The third kappa shape index (κ3) is 4.54. The number of hydrogen-bond acceptors (Lipinski definition) is 8. The van der Waals surface area contributed by atoms with Gasteiger partial charge in [0.2, 0.25) is 0 Å². The smallest absolute Gasteiger partial charge is 0.174 e. The molecule has 0 spiro atoms. The number of nitrogens with zero attached hydrogens (tertiary/aromatic N) is 5. The second kappa shape index (κ2) is 8.83. The number of benzene rings is 1. The maximum absolute atomic E-state index is 10.7. The van der Waals surface area contributed by atoms with Crippen molar-refractivity contribution in [1.29, 1.82) is 0 Å². The number of hydrogen-bond donors (Lipinski definition) is 3. The fourth-order valence-electron chi connectivity index (χ4n) is 3.85. The first-order chi connectivity index (χ1) is 16.0. The van der Waals surface area contributed by atoms with E-state index in [1.165, 1.54) is 11.3 Å². The molecule has 3 aromatic heterocycles. The van der Waals surface area contributed by atoms with Crippen LogP contribution in [0.5, 0.6) is 0 Å². The van der Waals surface area contributed by atoms with E-state index in [2.05, 4.69) is 60.0 Å². The van der Waals surface area contributed by atoms with Gasteiger partial charge in [-0.25, -0.2) is 15.0 Å². The highest BCUT2D eigenvalue weighted by Gasteiger charge is 2.23. The summed E-state index contributed by atoms with van der Waals surface area (Å²) in [5.74, 6) is 6.84. The second-order valence-electron chi connectivity index (χ2n) is 8.27. The SMILES string of the molecule is CN1CCN(c2ccc(C#CC(C)(O)c3nccs3)cc2Nc2ncnc3[nH]ccc23)CC1. The van der Waals surface area contributed by atoms with Crippen LogP contribution < -0.4 is 10.2 Å². The number of likely N-dealkylation sites (N-methyl/N-ethyl adjacent to an activating group) is 1. The van der Waals surface area contributed by atoms with Crippen molar-refractivity contribution in [1.82, 2.24) is 24.8 Å². The first-order valence-corrected chi connectivity index (χ1v) is 11.7. The standard InChI is InChI=1S/C24H25N7OS/c1-24(32,23-26-9-14-33-23)7-5-17-3-4-20(31-12-10-30(2)11-13-31)19(15-17)29-22-18-6-8-25-21(18)27-16-28-22/h3-4,6,8-9,14-16,32H,10-13H2,1-2H3,(H2,25,27,28,29). The molecule has 4 aromatic rings. The Morgan fingerprint density at radius 3 is 2.79 bits per heavy atom. The third-order valence-corrected chi connectivity index (χ3v) is 6.73.